The highest BCUT2D eigenvalue weighted by Crippen LogP contribution is 2.33. The molecule has 0 saturated heterocycles. The zero-order chi connectivity index (χ0) is 16.2. The molecular formula is C14H14N2O5S. The highest BCUT2D eigenvalue weighted by Gasteiger charge is 2.36. The molecule has 0 radical (unpaired) electrons. The molecule has 2 rings (SSSR count). The van der Waals surface area contributed by atoms with Gasteiger partial charge in [0.25, 0.3) is 0 Å². The second-order valence-corrected chi connectivity index (χ2v) is 6.86. The Hall–Kier alpha value is -2.40. The number of nitrogens with zero attached hydrogens (tertiary/aromatic N) is 2. The molecule has 8 heteroatoms. The van der Waals surface area contributed by atoms with E-state index in [2.05, 4.69) is 14.7 Å². The number of hydrogen-bond donors (Lipinski definition) is 0. The number of carbonyl (C=O) groups is 1. The summed E-state index contributed by atoms with van der Waals surface area (Å²) in [6.07, 6.45) is 1.36. The summed E-state index contributed by atoms with van der Waals surface area (Å²) >= 11 is 0. The van der Waals surface area contributed by atoms with Crippen LogP contribution in [0.3, 0.4) is 0 Å². The summed E-state index contributed by atoms with van der Waals surface area (Å²) in [7, 11) is -2.10. The molecule has 0 spiro atoms. The lowest BCUT2D eigenvalue weighted by Gasteiger charge is -2.06. The first-order chi connectivity index (χ1) is 10.5. The molecule has 0 amide bonds. The van der Waals surface area contributed by atoms with Crippen LogP contribution in [0.1, 0.15) is 18.4 Å². The second kappa shape index (κ2) is 6.58. The Kier molecular flexibility index (Phi) is 4.78. The van der Waals surface area contributed by atoms with Crippen LogP contribution in [0.25, 0.3) is 0 Å². The highest BCUT2D eigenvalue weighted by atomic mass is 32.2. The van der Waals surface area contributed by atoms with Crippen LogP contribution in [0.15, 0.2) is 34.3 Å². The monoisotopic (exact) mass is 322 g/mol. The maximum Gasteiger partial charge on any atom is 0.360 e. The largest absolute Gasteiger partial charge is 0.464 e. The van der Waals surface area contributed by atoms with Crippen molar-refractivity contribution >= 4 is 21.5 Å². The Bertz CT molecular complexity index is 727. The van der Waals surface area contributed by atoms with E-state index in [0.29, 0.717) is 18.4 Å². The minimum atomic E-state index is -3.29. The molecule has 7 nitrogen and oxygen atoms in total. The summed E-state index contributed by atoms with van der Waals surface area (Å²) < 4.78 is 28.8. The van der Waals surface area contributed by atoms with E-state index < -0.39 is 15.8 Å². The van der Waals surface area contributed by atoms with Gasteiger partial charge in [-0.2, -0.15) is 5.26 Å². The molecule has 0 bridgehead atoms. The number of rotatable bonds is 6. The minimum absolute atomic E-state index is 0.131. The first-order valence-electron chi connectivity index (χ1n) is 6.50. The molecule has 22 heavy (non-hydrogen) atoms. The van der Waals surface area contributed by atoms with E-state index in [4.69, 9.17) is 5.26 Å². The SMILES string of the molecule is COC(=O)C(=NOCC#N)c1ccc(S(=O)(=O)C2CC2)cc1. The lowest BCUT2D eigenvalue weighted by molar-refractivity contribution is -0.132. The molecule has 0 aliphatic heterocycles. The van der Waals surface area contributed by atoms with Crippen LogP contribution in [0.5, 0.6) is 0 Å². The molecule has 116 valence electrons. The van der Waals surface area contributed by atoms with Crippen LogP contribution in [0.2, 0.25) is 0 Å². The highest BCUT2D eigenvalue weighted by molar-refractivity contribution is 7.92. The fraction of sp³-hybridized carbons (Fsp3) is 0.357. The second-order valence-electron chi connectivity index (χ2n) is 4.63. The van der Waals surface area contributed by atoms with Crippen molar-refractivity contribution in [2.45, 2.75) is 23.0 Å². The lowest BCUT2D eigenvalue weighted by Crippen LogP contribution is -2.18. The number of esters is 1. The van der Waals surface area contributed by atoms with Gasteiger partial charge in [0.1, 0.15) is 6.07 Å². The van der Waals surface area contributed by atoms with E-state index in [1.807, 2.05) is 0 Å². The van der Waals surface area contributed by atoms with E-state index in [1.165, 1.54) is 31.4 Å². The number of carbonyl (C=O) groups excluding carboxylic acids is 1. The normalized spacial score (nSPS) is 15.0. The molecule has 0 atom stereocenters. The Labute approximate surface area is 128 Å². The topological polar surface area (TPSA) is 106 Å². The van der Waals surface area contributed by atoms with E-state index in [0.717, 1.165) is 0 Å². The number of benzene rings is 1. The van der Waals surface area contributed by atoms with Gasteiger partial charge in [-0.3, -0.25) is 0 Å². The third kappa shape index (κ3) is 3.43. The smallest absolute Gasteiger partial charge is 0.360 e. The van der Waals surface area contributed by atoms with Crippen molar-refractivity contribution in [2.24, 2.45) is 5.16 Å². The molecule has 1 aromatic rings. The van der Waals surface area contributed by atoms with Gasteiger partial charge in [-0.1, -0.05) is 17.3 Å². The molecule has 1 aromatic carbocycles. The van der Waals surface area contributed by atoms with Crippen molar-refractivity contribution in [3.63, 3.8) is 0 Å². The fourth-order valence-electron chi connectivity index (χ4n) is 1.80. The number of oxime groups is 1. The molecule has 1 saturated carbocycles. The van der Waals surface area contributed by atoms with Crippen LogP contribution in [-0.2, 0) is 24.2 Å². The van der Waals surface area contributed by atoms with Crippen LogP contribution in [0, 0.1) is 11.3 Å². The summed E-state index contributed by atoms with van der Waals surface area (Å²) in [4.78, 5) is 16.6. The van der Waals surface area contributed by atoms with Crippen molar-refractivity contribution < 1.29 is 22.8 Å². The van der Waals surface area contributed by atoms with E-state index in [1.54, 1.807) is 6.07 Å². The van der Waals surface area contributed by atoms with Crippen molar-refractivity contribution in [1.29, 1.82) is 5.26 Å². The zero-order valence-corrected chi connectivity index (χ0v) is 12.7. The molecule has 1 aliphatic rings. The maximum atomic E-state index is 12.1. The van der Waals surface area contributed by atoms with Crippen molar-refractivity contribution in [1.82, 2.24) is 0 Å². The summed E-state index contributed by atoms with van der Waals surface area (Å²) in [5, 5.41) is 11.7. The van der Waals surface area contributed by atoms with Crippen molar-refractivity contribution in [3.05, 3.63) is 29.8 Å². The maximum absolute atomic E-state index is 12.1. The number of ether oxygens (including phenoxy) is 1. The molecule has 0 heterocycles. The van der Waals surface area contributed by atoms with Crippen LogP contribution < -0.4 is 0 Å². The molecular weight excluding hydrogens is 308 g/mol. The van der Waals surface area contributed by atoms with Gasteiger partial charge in [-0.05, 0) is 25.0 Å². The lowest BCUT2D eigenvalue weighted by atomic mass is 10.1. The van der Waals surface area contributed by atoms with Gasteiger partial charge >= 0.3 is 5.97 Å². The predicted octanol–water partition coefficient (Wildman–Crippen LogP) is 1.04. The Morgan fingerprint density at radius 2 is 2.00 bits per heavy atom. The van der Waals surface area contributed by atoms with E-state index >= 15 is 0 Å². The van der Waals surface area contributed by atoms with Gasteiger partial charge in [0.2, 0.25) is 6.61 Å². The average molecular weight is 322 g/mol. The summed E-state index contributed by atoms with van der Waals surface area (Å²) in [6, 6.07) is 7.48. The Balaban J connectivity index is 2.28. The number of hydrogen-bond acceptors (Lipinski definition) is 7. The number of nitriles is 1. The Morgan fingerprint density at radius 1 is 1.36 bits per heavy atom. The quantitative estimate of drug-likeness (QED) is 0.335. The van der Waals surface area contributed by atoms with Gasteiger partial charge in [0, 0.05) is 5.56 Å². The fourth-order valence-corrected chi connectivity index (χ4v) is 3.46. The molecule has 0 aromatic heterocycles. The van der Waals surface area contributed by atoms with Gasteiger partial charge in [0.15, 0.2) is 15.5 Å². The van der Waals surface area contributed by atoms with E-state index in [-0.39, 0.29) is 22.5 Å². The van der Waals surface area contributed by atoms with Crippen LogP contribution in [-0.4, -0.2) is 39.1 Å². The number of sulfone groups is 1. The molecule has 1 fully saturated rings. The molecule has 1 aliphatic carbocycles. The third-order valence-electron chi connectivity index (χ3n) is 3.08. The van der Waals surface area contributed by atoms with Gasteiger partial charge in [0.05, 0.1) is 17.3 Å². The van der Waals surface area contributed by atoms with Crippen LogP contribution in [0.4, 0.5) is 0 Å². The average Bonchev–Trinajstić information content (AvgIpc) is 3.36. The Morgan fingerprint density at radius 3 is 2.50 bits per heavy atom. The predicted molar refractivity (Wildman–Crippen MR) is 76.8 cm³/mol. The van der Waals surface area contributed by atoms with E-state index in [9.17, 15) is 13.2 Å². The standard InChI is InChI=1S/C14H14N2O5S/c1-20-14(17)13(16-21-9-8-15)10-2-4-11(5-3-10)22(18,19)12-6-7-12/h2-5,12H,6-7,9H2,1H3. The van der Waals surface area contributed by atoms with Gasteiger partial charge < -0.3 is 9.57 Å². The summed E-state index contributed by atoms with van der Waals surface area (Å²) in [5.74, 6) is -0.740. The number of methoxy groups -OCH3 is 1. The minimum Gasteiger partial charge on any atom is -0.464 e. The first kappa shape index (κ1) is 16.0. The van der Waals surface area contributed by atoms with Gasteiger partial charge in [-0.15, -0.1) is 0 Å². The van der Waals surface area contributed by atoms with Crippen molar-refractivity contribution in [3.8, 4) is 6.07 Å². The van der Waals surface area contributed by atoms with Crippen molar-refractivity contribution in [2.75, 3.05) is 13.7 Å². The molecule has 0 N–H and O–H groups in total. The summed E-state index contributed by atoms with van der Waals surface area (Å²) in [5.41, 5.74) is 0.215. The molecule has 0 unspecified atom stereocenters. The summed E-state index contributed by atoms with van der Waals surface area (Å²) in [6.45, 7) is -0.311. The van der Waals surface area contributed by atoms with Crippen LogP contribution >= 0.6 is 0 Å². The first-order valence-corrected chi connectivity index (χ1v) is 8.05. The van der Waals surface area contributed by atoms with Gasteiger partial charge in [-0.25, -0.2) is 13.2 Å². The third-order valence-corrected chi connectivity index (χ3v) is 5.36. The zero-order valence-electron chi connectivity index (χ0n) is 11.9.